The normalized spacial score (nSPS) is 18.3. The first-order chi connectivity index (χ1) is 12.4. The van der Waals surface area contributed by atoms with E-state index in [2.05, 4.69) is 5.32 Å². The van der Waals surface area contributed by atoms with Crippen molar-refractivity contribution >= 4 is 33.0 Å². The van der Waals surface area contributed by atoms with E-state index in [0.717, 1.165) is 34.2 Å². The van der Waals surface area contributed by atoms with Gasteiger partial charge in [0, 0.05) is 22.4 Å². The molecular formula is C19H17NO5S. The summed E-state index contributed by atoms with van der Waals surface area (Å²) < 4.78 is 32.8. The van der Waals surface area contributed by atoms with Gasteiger partial charge in [0.1, 0.15) is 12.4 Å². The highest BCUT2D eigenvalue weighted by Gasteiger charge is 2.32. The smallest absolute Gasteiger partial charge is 0.264 e. The standard InChI is InChI=1S/C19H17NO5S/c1-26(22,23)25-9-8-12-6-7-13-11-24-18(15(13)10-12)17-14-4-2-3-5-16(14)20-19(17)21/h2-7,10H,8-9,11H2,1H3,(H,20,21). The van der Waals surface area contributed by atoms with Gasteiger partial charge in [-0.25, -0.2) is 0 Å². The Kier molecular flexibility index (Phi) is 4.05. The summed E-state index contributed by atoms with van der Waals surface area (Å²) in [5, 5.41) is 2.86. The number of hydrogen-bond acceptors (Lipinski definition) is 5. The van der Waals surface area contributed by atoms with Gasteiger partial charge in [-0.15, -0.1) is 0 Å². The number of carbonyl (C=O) groups is 1. The van der Waals surface area contributed by atoms with Gasteiger partial charge < -0.3 is 10.1 Å². The average Bonchev–Trinajstić information content (AvgIpc) is 3.13. The molecule has 6 nitrogen and oxygen atoms in total. The number of nitrogens with one attached hydrogen (secondary N) is 1. The number of amides is 1. The van der Waals surface area contributed by atoms with E-state index in [9.17, 15) is 13.2 Å². The van der Waals surface area contributed by atoms with Crippen molar-refractivity contribution in [3.8, 4) is 0 Å². The maximum atomic E-state index is 12.5. The summed E-state index contributed by atoms with van der Waals surface area (Å²) in [6.07, 6.45) is 1.48. The molecule has 0 bridgehead atoms. The van der Waals surface area contributed by atoms with Gasteiger partial charge in [0.15, 0.2) is 0 Å². The summed E-state index contributed by atoms with van der Waals surface area (Å²) in [5.74, 6) is 0.383. The van der Waals surface area contributed by atoms with Crippen LogP contribution in [0.5, 0.6) is 0 Å². The van der Waals surface area contributed by atoms with Gasteiger partial charge in [0.05, 0.1) is 18.4 Å². The third-order valence-electron chi connectivity index (χ3n) is 4.38. The van der Waals surface area contributed by atoms with E-state index in [1.807, 2.05) is 42.5 Å². The zero-order valence-electron chi connectivity index (χ0n) is 14.1. The van der Waals surface area contributed by atoms with Crippen molar-refractivity contribution in [2.24, 2.45) is 0 Å². The molecule has 134 valence electrons. The lowest BCUT2D eigenvalue weighted by molar-refractivity contribution is -0.110. The number of hydrogen-bond donors (Lipinski definition) is 1. The topological polar surface area (TPSA) is 81.7 Å². The van der Waals surface area contributed by atoms with Crippen LogP contribution in [0, 0.1) is 0 Å². The first-order valence-corrected chi connectivity index (χ1v) is 9.98. The molecule has 0 fully saturated rings. The zero-order chi connectivity index (χ0) is 18.3. The van der Waals surface area contributed by atoms with Crippen molar-refractivity contribution in [3.05, 3.63) is 64.7 Å². The van der Waals surface area contributed by atoms with Gasteiger partial charge >= 0.3 is 0 Å². The molecule has 2 aromatic carbocycles. The fourth-order valence-electron chi connectivity index (χ4n) is 3.20. The highest BCUT2D eigenvalue weighted by molar-refractivity contribution is 7.85. The number of rotatable bonds is 4. The number of para-hydroxylation sites is 1. The predicted octanol–water partition coefficient (Wildman–Crippen LogP) is 2.56. The number of benzene rings is 2. The van der Waals surface area contributed by atoms with Gasteiger partial charge in [-0.2, -0.15) is 8.42 Å². The molecule has 0 aliphatic carbocycles. The first-order valence-electron chi connectivity index (χ1n) is 8.17. The van der Waals surface area contributed by atoms with Gasteiger partial charge in [-0.3, -0.25) is 8.98 Å². The Morgan fingerprint density at radius 2 is 1.96 bits per heavy atom. The second-order valence-corrected chi connectivity index (χ2v) is 7.90. The van der Waals surface area contributed by atoms with Gasteiger partial charge in [0.25, 0.3) is 16.0 Å². The van der Waals surface area contributed by atoms with Crippen molar-refractivity contribution in [1.82, 2.24) is 0 Å². The summed E-state index contributed by atoms with van der Waals surface area (Å²) in [6, 6.07) is 13.3. The van der Waals surface area contributed by atoms with E-state index in [4.69, 9.17) is 8.92 Å². The largest absolute Gasteiger partial charge is 0.487 e. The van der Waals surface area contributed by atoms with Crippen LogP contribution in [0.4, 0.5) is 5.69 Å². The summed E-state index contributed by atoms with van der Waals surface area (Å²) in [7, 11) is -3.46. The molecule has 26 heavy (non-hydrogen) atoms. The molecule has 2 aliphatic heterocycles. The molecule has 0 aromatic heterocycles. The molecule has 0 spiro atoms. The lowest BCUT2D eigenvalue weighted by atomic mass is 9.98. The molecule has 0 radical (unpaired) electrons. The van der Waals surface area contributed by atoms with E-state index in [1.54, 1.807) is 0 Å². The van der Waals surface area contributed by atoms with Crippen LogP contribution in [0.15, 0.2) is 42.5 Å². The second kappa shape index (κ2) is 6.26. The molecule has 1 amide bonds. The average molecular weight is 371 g/mol. The number of anilines is 1. The zero-order valence-corrected chi connectivity index (χ0v) is 14.9. The molecule has 0 unspecified atom stereocenters. The van der Waals surface area contributed by atoms with Crippen LogP contribution < -0.4 is 5.32 Å². The highest BCUT2D eigenvalue weighted by atomic mass is 32.2. The van der Waals surface area contributed by atoms with E-state index >= 15 is 0 Å². The fourth-order valence-corrected chi connectivity index (χ4v) is 3.59. The quantitative estimate of drug-likeness (QED) is 0.660. The molecule has 2 aromatic rings. The minimum absolute atomic E-state index is 0.0771. The van der Waals surface area contributed by atoms with Crippen molar-refractivity contribution in [2.45, 2.75) is 13.0 Å². The molecule has 7 heteroatoms. The SMILES string of the molecule is CS(=O)(=O)OCCc1ccc2c(c1)C(=C1C(=O)Nc3ccccc31)OC2. The third-order valence-corrected chi connectivity index (χ3v) is 4.97. The Hall–Kier alpha value is -2.64. The first kappa shape index (κ1) is 16.8. The maximum absolute atomic E-state index is 12.5. The van der Waals surface area contributed by atoms with Crippen LogP contribution in [0.2, 0.25) is 0 Å². The lowest BCUT2D eigenvalue weighted by Gasteiger charge is -2.07. The van der Waals surface area contributed by atoms with Crippen LogP contribution >= 0.6 is 0 Å². The summed E-state index contributed by atoms with van der Waals surface area (Å²) in [4.78, 5) is 12.5. The Labute approximate surface area is 151 Å². The van der Waals surface area contributed by atoms with E-state index in [1.165, 1.54) is 0 Å². The van der Waals surface area contributed by atoms with Crippen LogP contribution in [0.1, 0.15) is 22.3 Å². The number of ether oxygens (including phenoxy) is 1. The highest BCUT2D eigenvalue weighted by Crippen LogP contribution is 2.41. The van der Waals surface area contributed by atoms with Crippen LogP contribution in [-0.4, -0.2) is 27.2 Å². The molecule has 0 saturated carbocycles. The fraction of sp³-hybridized carbons (Fsp3) is 0.211. The van der Waals surface area contributed by atoms with E-state index < -0.39 is 10.1 Å². The minimum Gasteiger partial charge on any atom is -0.487 e. The van der Waals surface area contributed by atoms with Crippen molar-refractivity contribution in [3.63, 3.8) is 0 Å². The molecule has 0 atom stereocenters. The minimum atomic E-state index is -3.46. The van der Waals surface area contributed by atoms with Gasteiger partial charge in [-0.05, 0) is 24.1 Å². The van der Waals surface area contributed by atoms with E-state index in [-0.39, 0.29) is 12.5 Å². The molecule has 0 saturated heterocycles. The van der Waals surface area contributed by atoms with Crippen LogP contribution in [0.3, 0.4) is 0 Å². The van der Waals surface area contributed by atoms with Crippen LogP contribution in [0.25, 0.3) is 11.3 Å². The molecular weight excluding hydrogens is 354 g/mol. The van der Waals surface area contributed by atoms with Crippen LogP contribution in [-0.2, 0) is 36.9 Å². The Morgan fingerprint density at radius 3 is 2.77 bits per heavy atom. The second-order valence-electron chi connectivity index (χ2n) is 6.26. The molecule has 2 aliphatic rings. The number of fused-ring (bicyclic) bond motifs is 2. The third kappa shape index (κ3) is 3.11. The predicted molar refractivity (Wildman–Crippen MR) is 97.6 cm³/mol. The number of carbonyl (C=O) groups excluding carboxylic acids is 1. The van der Waals surface area contributed by atoms with E-state index in [0.29, 0.717) is 24.4 Å². The summed E-state index contributed by atoms with van der Waals surface area (Å²) in [6.45, 7) is 0.484. The summed E-state index contributed by atoms with van der Waals surface area (Å²) in [5.41, 5.74) is 4.91. The Bertz CT molecular complexity index is 1040. The lowest BCUT2D eigenvalue weighted by Crippen LogP contribution is -2.07. The Morgan fingerprint density at radius 1 is 1.15 bits per heavy atom. The molecule has 4 rings (SSSR count). The monoisotopic (exact) mass is 371 g/mol. The molecule has 2 heterocycles. The summed E-state index contributed by atoms with van der Waals surface area (Å²) >= 11 is 0. The van der Waals surface area contributed by atoms with Crippen molar-refractivity contribution in [2.75, 3.05) is 18.2 Å². The van der Waals surface area contributed by atoms with Crippen molar-refractivity contribution in [1.29, 1.82) is 0 Å². The van der Waals surface area contributed by atoms with Gasteiger partial charge in [-0.1, -0.05) is 30.3 Å². The molecule has 1 N–H and O–H groups in total. The Balaban J connectivity index is 1.69. The maximum Gasteiger partial charge on any atom is 0.264 e. The van der Waals surface area contributed by atoms with Crippen molar-refractivity contribution < 1.29 is 22.1 Å². The van der Waals surface area contributed by atoms with Gasteiger partial charge in [0.2, 0.25) is 0 Å².